The van der Waals surface area contributed by atoms with Crippen LogP contribution in [0.3, 0.4) is 0 Å². The molecule has 6 nitrogen and oxygen atoms in total. The Labute approximate surface area is 216 Å². The van der Waals surface area contributed by atoms with Crippen molar-refractivity contribution in [2.75, 3.05) is 10.7 Å². The number of anilines is 1. The van der Waals surface area contributed by atoms with Gasteiger partial charge in [0, 0.05) is 32.7 Å². The highest BCUT2D eigenvalue weighted by molar-refractivity contribution is 8.01. The molecule has 0 amide bonds. The van der Waals surface area contributed by atoms with Crippen LogP contribution in [0.4, 0.5) is 5.13 Å². The lowest BCUT2D eigenvalue weighted by atomic mass is 9.78. The first-order chi connectivity index (χ1) is 16.6. The van der Waals surface area contributed by atoms with Crippen LogP contribution in [0, 0.1) is 11.3 Å². The quantitative estimate of drug-likeness (QED) is 0.427. The summed E-state index contributed by atoms with van der Waals surface area (Å²) in [6, 6.07) is 4.44. The number of hydrogen-bond acceptors (Lipinski definition) is 10. The normalized spacial score (nSPS) is 21.7. The molecule has 0 saturated heterocycles. The van der Waals surface area contributed by atoms with Gasteiger partial charge in [0.25, 0.3) is 0 Å². The third kappa shape index (κ3) is 4.43. The molecular weight excluding hydrogens is 503 g/mol. The molecule has 0 spiro atoms. The van der Waals surface area contributed by atoms with Crippen molar-refractivity contribution in [2.45, 2.75) is 78.7 Å². The van der Waals surface area contributed by atoms with Gasteiger partial charge < -0.3 is 5.73 Å². The summed E-state index contributed by atoms with van der Waals surface area (Å²) in [5, 5.41) is 22.4. The minimum absolute atomic E-state index is 0.110. The smallest absolute Gasteiger partial charge is 0.219 e. The lowest BCUT2D eigenvalue weighted by molar-refractivity contribution is -0.116. The first-order valence-electron chi connectivity index (χ1n) is 11.8. The maximum Gasteiger partial charge on any atom is 0.219 e. The molecular formula is C24H27N5OS4. The number of hydrogen-bond donors (Lipinski definition) is 1. The third-order valence-corrected chi connectivity index (χ3v) is 10.9. The number of carbonyl (C=O) groups excluding carboxylic acids is 1. The van der Waals surface area contributed by atoms with Gasteiger partial charge in [-0.05, 0) is 42.9 Å². The lowest BCUT2D eigenvalue weighted by Gasteiger charge is -2.37. The number of ketones is 1. The van der Waals surface area contributed by atoms with Crippen LogP contribution in [0.5, 0.6) is 0 Å². The van der Waals surface area contributed by atoms with E-state index in [4.69, 9.17) is 5.73 Å². The van der Waals surface area contributed by atoms with E-state index in [-0.39, 0.29) is 5.78 Å². The molecule has 2 aliphatic carbocycles. The van der Waals surface area contributed by atoms with E-state index in [1.165, 1.54) is 43.4 Å². The number of nitrogens with two attached hydrogens (primary N) is 1. The van der Waals surface area contributed by atoms with Crippen LogP contribution >= 0.6 is 46.2 Å². The first-order valence-corrected chi connectivity index (χ1v) is 15.3. The van der Waals surface area contributed by atoms with Crippen molar-refractivity contribution >= 4 is 57.1 Å². The highest BCUT2D eigenvalue weighted by Gasteiger charge is 2.42. The summed E-state index contributed by atoms with van der Waals surface area (Å²) in [5.41, 5.74) is 8.75. The van der Waals surface area contributed by atoms with Gasteiger partial charge in [0.05, 0.1) is 17.6 Å². The van der Waals surface area contributed by atoms with Gasteiger partial charge in [-0.1, -0.05) is 49.3 Å². The predicted molar refractivity (Wildman–Crippen MR) is 141 cm³/mol. The summed E-state index contributed by atoms with van der Waals surface area (Å²) < 4.78 is 0.930. The van der Waals surface area contributed by atoms with Crippen LogP contribution in [0.25, 0.3) is 0 Å². The zero-order chi connectivity index (χ0) is 23.7. The summed E-state index contributed by atoms with van der Waals surface area (Å²) in [6.07, 6.45) is 8.32. The van der Waals surface area contributed by atoms with E-state index >= 15 is 0 Å². The minimum Gasteiger partial charge on any atom is -0.384 e. The lowest BCUT2D eigenvalue weighted by Crippen LogP contribution is -2.38. The SMILES string of the molecule is CCSc1ccsc1C1C(C#N)=C(N)N(c2nnc(SC3CCCCC3)s2)C2=C1C(=O)CCC2. The zero-order valence-electron chi connectivity index (χ0n) is 19.1. The number of thiophene rings is 1. The number of carbonyl (C=O) groups is 1. The fraction of sp³-hybridized carbons (Fsp3) is 0.500. The van der Waals surface area contributed by atoms with Crippen molar-refractivity contribution in [2.24, 2.45) is 5.73 Å². The average molecular weight is 530 g/mol. The molecule has 1 unspecified atom stereocenters. The monoisotopic (exact) mass is 529 g/mol. The van der Waals surface area contributed by atoms with Gasteiger partial charge in [0.1, 0.15) is 5.82 Å². The Morgan fingerprint density at radius 1 is 1.24 bits per heavy atom. The van der Waals surface area contributed by atoms with Crippen LogP contribution in [0.15, 0.2) is 43.3 Å². The molecule has 34 heavy (non-hydrogen) atoms. The summed E-state index contributed by atoms with van der Waals surface area (Å²) >= 11 is 6.66. The standard InChI is InChI=1S/C24H27N5OS4/c1-2-31-18-11-12-32-21(18)19-15(13-25)22(26)29(16-9-6-10-17(30)20(16)19)23-27-28-24(34-23)33-14-7-4-3-5-8-14/h11-12,14,19H,2-10,26H2,1H3. The summed E-state index contributed by atoms with van der Waals surface area (Å²) in [4.78, 5) is 17.3. The summed E-state index contributed by atoms with van der Waals surface area (Å²) in [6.45, 7) is 2.11. The molecule has 3 aliphatic rings. The summed E-state index contributed by atoms with van der Waals surface area (Å²) in [5.74, 6) is 1.02. The van der Waals surface area contributed by atoms with E-state index in [0.717, 1.165) is 38.4 Å². The molecule has 1 atom stereocenters. The number of allylic oxidation sites excluding steroid dienone is 3. The Balaban J connectivity index is 1.56. The van der Waals surface area contributed by atoms with E-state index < -0.39 is 5.92 Å². The van der Waals surface area contributed by atoms with Gasteiger partial charge in [-0.3, -0.25) is 9.69 Å². The van der Waals surface area contributed by atoms with Crippen LogP contribution in [-0.2, 0) is 4.79 Å². The van der Waals surface area contributed by atoms with E-state index in [0.29, 0.717) is 33.8 Å². The van der Waals surface area contributed by atoms with Crippen LogP contribution in [-0.4, -0.2) is 27.0 Å². The molecule has 0 radical (unpaired) electrons. The Bertz CT molecular complexity index is 1180. The molecule has 2 aromatic rings. The first kappa shape index (κ1) is 23.9. The molecule has 1 saturated carbocycles. The Kier molecular flexibility index (Phi) is 7.35. The average Bonchev–Trinajstić information content (AvgIpc) is 3.49. The second-order valence-corrected chi connectivity index (χ2v) is 13.4. The van der Waals surface area contributed by atoms with Crippen molar-refractivity contribution in [3.05, 3.63) is 39.0 Å². The fourth-order valence-electron chi connectivity index (χ4n) is 5.03. The van der Waals surface area contributed by atoms with Crippen molar-refractivity contribution in [1.82, 2.24) is 10.2 Å². The number of nitrogens with zero attached hydrogens (tertiary/aromatic N) is 4. The van der Waals surface area contributed by atoms with Crippen molar-refractivity contribution in [3.63, 3.8) is 0 Å². The van der Waals surface area contributed by atoms with Gasteiger partial charge in [0.2, 0.25) is 5.13 Å². The third-order valence-electron chi connectivity index (χ3n) is 6.54. The molecule has 10 heteroatoms. The van der Waals surface area contributed by atoms with Gasteiger partial charge in [-0.2, -0.15) is 5.26 Å². The van der Waals surface area contributed by atoms with Gasteiger partial charge >= 0.3 is 0 Å². The van der Waals surface area contributed by atoms with E-state index in [9.17, 15) is 10.1 Å². The van der Waals surface area contributed by atoms with Crippen LogP contribution in [0.1, 0.15) is 69.1 Å². The van der Waals surface area contributed by atoms with Crippen molar-refractivity contribution in [1.29, 1.82) is 5.26 Å². The predicted octanol–water partition coefficient (Wildman–Crippen LogP) is 6.44. The largest absolute Gasteiger partial charge is 0.384 e. The number of rotatable bonds is 6. The molecule has 2 N–H and O–H groups in total. The second kappa shape index (κ2) is 10.4. The van der Waals surface area contributed by atoms with Crippen LogP contribution in [0.2, 0.25) is 0 Å². The Morgan fingerprint density at radius 2 is 2.06 bits per heavy atom. The number of thioether (sulfide) groups is 2. The molecule has 0 aromatic carbocycles. The van der Waals surface area contributed by atoms with Gasteiger partial charge in [-0.15, -0.1) is 33.3 Å². The molecule has 3 heterocycles. The maximum atomic E-state index is 13.3. The molecule has 0 bridgehead atoms. The topological polar surface area (TPSA) is 95.9 Å². The van der Waals surface area contributed by atoms with Crippen molar-refractivity contribution in [3.8, 4) is 6.07 Å². The Hall–Kier alpha value is -1.80. The second-order valence-electron chi connectivity index (χ2n) is 8.63. The number of aromatic nitrogens is 2. The van der Waals surface area contributed by atoms with E-state index in [1.54, 1.807) is 34.9 Å². The molecule has 1 fully saturated rings. The van der Waals surface area contributed by atoms with Crippen molar-refractivity contribution < 1.29 is 4.79 Å². The van der Waals surface area contributed by atoms with E-state index in [2.05, 4.69) is 29.3 Å². The van der Waals surface area contributed by atoms with Gasteiger partial charge in [-0.25, -0.2) is 0 Å². The molecule has 178 valence electrons. The zero-order valence-corrected chi connectivity index (χ0v) is 22.3. The Morgan fingerprint density at radius 3 is 2.82 bits per heavy atom. The molecule has 2 aromatic heterocycles. The highest BCUT2D eigenvalue weighted by atomic mass is 32.2. The van der Waals surface area contributed by atoms with E-state index in [1.807, 2.05) is 10.3 Å². The van der Waals surface area contributed by atoms with Gasteiger partial charge in [0.15, 0.2) is 10.1 Å². The highest BCUT2D eigenvalue weighted by Crippen LogP contribution is 2.50. The number of Topliss-reactive ketones (excluding diaryl/α,β-unsaturated/α-hetero) is 1. The van der Waals surface area contributed by atoms with Crippen LogP contribution < -0.4 is 10.6 Å². The fourth-order valence-corrected chi connectivity index (χ4v) is 9.46. The summed E-state index contributed by atoms with van der Waals surface area (Å²) in [7, 11) is 0. The molecule has 1 aliphatic heterocycles. The molecule has 5 rings (SSSR count). The number of nitriles is 1. The minimum atomic E-state index is -0.401. The maximum absolute atomic E-state index is 13.3.